The molecule has 1 aliphatic heterocycles. The van der Waals surface area contributed by atoms with E-state index < -0.39 is 10.8 Å². The Labute approximate surface area is 131 Å². The third-order valence-corrected chi connectivity index (χ3v) is 6.15. The van der Waals surface area contributed by atoms with Gasteiger partial charge in [0.15, 0.2) is 0 Å². The van der Waals surface area contributed by atoms with Crippen molar-refractivity contribution in [3.05, 3.63) is 41.1 Å². The van der Waals surface area contributed by atoms with Crippen LogP contribution in [0, 0.1) is 11.3 Å². The molecule has 0 aromatic heterocycles. The summed E-state index contributed by atoms with van der Waals surface area (Å²) in [6.07, 6.45) is 3.29. The first-order valence-electron chi connectivity index (χ1n) is 8.11. The fourth-order valence-corrected chi connectivity index (χ4v) is 5.06. The van der Waals surface area contributed by atoms with Crippen LogP contribution in [0.15, 0.2) is 30.0 Å². The predicted octanol–water partition coefficient (Wildman–Crippen LogP) is 3.15. The molecule has 22 heavy (non-hydrogen) atoms. The summed E-state index contributed by atoms with van der Waals surface area (Å²) in [6.45, 7) is 6.79. The molecular formula is C19H21NO2. The van der Waals surface area contributed by atoms with Crippen molar-refractivity contribution in [3.8, 4) is 0 Å². The van der Waals surface area contributed by atoms with Gasteiger partial charge < -0.3 is 4.90 Å². The van der Waals surface area contributed by atoms with E-state index in [1.54, 1.807) is 0 Å². The van der Waals surface area contributed by atoms with Crippen LogP contribution in [0.3, 0.4) is 0 Å². The summed E-state index contributed by atoms with van der Waals surface area (Å²) in [5.41, 5.74) is 2.20. The number of hydrogen-bond acceptors (Lipinski definition) is 2. The van der Waals surface area contributed by atoms with E-state index in [1.807, 2.05) is 24.0 Å². The standard InChI is InChI=1S/C19H21NO2/c1-4-20-14-11-12-7-5-6-8-13(12)19(3)15(21)9-10-18(2,16(14)19)17(20)22/h5-8,11,16H,4,9-10H2,1-3H3. The zero-order valence-electron chi connectivity index (χ0n) is 13.3. The normalized spacial score (nSPS) is 36.0. The third-order valence-electron chi connectivity index (χ3n) is 6.15. The molecule has 0 bridgehead atoms. The second-order valence-electron chi connectivity index (χ2n) is 7.18. The zero-order chi connectivity index (χ0) is 15.7. The van der Waals surface area contributed by atoms with E-state index >= 15 is 0 Å². The van der Waals surface area contributed by atoms with Crippen LogP contribution in [-0.4, -0.2) is 23.1 Å². The molecule has 0 N–H and O–H groups in total. The number of likely N-dealkylation sites (tertiary alicyclic amines) is 1. The van der Waals surface area contributed by atoms with Gasteiger partial charge in [-0.2, -0.15) is 0 Å². The Morgan fingerprint density at radius 1 is 1.23 bits per heavy atom. The Hall–Kier alpha value is -1.90. The van der Waals surface area contributed by atoms with Crippen LogP contribution in [0.25, 0.3) is 6.08 Å². The van der Waals surface area contributed by atoms with Gasteiger partial charge in [-0.1, -0.05) is 31.2 Å². The van der Waals surface area contributed by atoms with Gasteiger partial charge >= 0.3 is 0 Å². The first-order chi connectivity index (χ1) is 10.4. The number of rotatable bonds is 1. The average molecular weight is 295 g/mol. The Morgan fingerprint density at radius 3 is 2.68 bits per heavy atom. The molecule has 1 saturated carbocycles. The topological polar surface area (TPSA) is 37.4 Å². The number of Topliss-reactive ketones (excluding diaryl/α,β-unsaturated/α-hetero) is 1. The van der Waals surface area contributed by atoms with Gasteiger partial charge in [0.25, 0.3) is 0 Å². The quantitative estimate of drug-likeness (QED) is 0.798. The summed E-state index contributed by atoms with van der Waals surface area (Å²) in [6, 6.07) is 8.11. The minimum absolute atomic E-state index is 0.0244. The van der Waals surface area contributed by atoms with Crippen molar-refractivity contribution in [2.24, 2.45) is 11.3 Å². The molecule has 3 heteroatoms. The van der Waals surface area contributed by atoms with Crippen molar-refractivity contribution < 1.29 is 9.59 Å². The number of ketones is 1. The maximum absolute atomic E-state index is 13.0. The van der Waals surface area contributed by atoms with E-state index in [0.29, 0.717) is 19.4 Å². The predicted molar refractivity (Wildman–Crippen MR) is 85.0 cm³/mol. The van der Waals surface area contributed by atoms with E-state index in [1.165, 1.54) is 0 Å². The number of fused-ring (bicyclic) bond motifs is 2. The lowest BCUT2D eigenvalue weighted by Crippen LogP contribution is -2.53. The second kappa shape index (κ2) is 4.09. The fraction of sp³-hybridized carbons (Fsp3) is 0.474. The lowest BCUT2D eigenvalue weighted by Gasteiger charge is -2.48. The van der Waals surface area contributed by atoms with Crippen LogP contribution in [0.4, 0.5) is 0 Å². The number of hydrogen-bond donors (Lipinski definition) is 0. The van der Waals surface area contributed by atoms with Gasteiger partial charge in [-0.3, -0.25) is 9.59 Å². The van der Waals surface area contributed by atoms with E-state index in [-0.39, 0.29) is 17.6 Å². The Morgan fingerprint density at radius 2 is 1.95 bits per heavy atom. The number of carbonyl (C=O) groups excluding carboxylic acids is 2. The fourth-order valence-electron chi connectivity index (χ4n) is 5.06. The van der Waals surface area contributed by atoms with Crippen LogP contribution in [0.1, 0.15) is 44.7 Å². The van der Waals surface area contributed by atoms with Gasteiger partial charge in [-0.25, -0.2) is 0 Å². The van der Waals surface area contributed by atoms with Crippen LogP contribution < -0.4 is 0 Å². The van der Waals surface area contributed by atoms with E-state index in [4.69, 9.17) is 0 Å². The van der Waals surface area contributed by atoms with E-state index in [9.17, 15) is 9.59 Å². The van der Waals surface area contributed by atoms with Gasteiger partial charge in [-0.05, 0) is 37.5 Å². The largest absolute Gasteiger partial charge is 0.316 e. The second-order valence-corrected chi connectivity index (χ2v) is 7.18. The number of nitrogens with zero attached hydrogens (tertiary/aromatic N) is 1. The smallest absolute Gasteiger partial charge is 0.233 e. The molecule has 3 aliphatic rings. The van der Waals surface area contributed by atoms with Crippen molar-refractivity contribution >= 4 is 17.8 Å². The summed E-state index contributed by atoms with van der Waals surface area (Å²) < 4.78 is 0. The highest BCUT2D eigenvalue weighted by Crippen LogP contribution is 2.61. The number of amides is 1. The Bertz CT molecular complexity index is 735. The van der Waals surface area contributed by atoms with Gasteiger partial charge in [-0.15, -0.1) is 0 Å². The molecule has 114 valence electrons. The van der Waals surface area contributed by atoms with Gasteiger partial charge in [0.05, 0.1) is 10.8 Å². The van der Waals surface area contributed by atoms with Crippen LogP contribution in [0.2, 0.25) is 0 Å². The summed E-state index contributed by atoms with van der Waals surface area (Å²) in [7, 11) is 0. The van der Waals surface area contributed by atoms with Gasteiger partial charge in [0.2, 0.25) is 5.91 Å². The molecule has 4 rings (SSSR count). The maximum atomic E-state index is 13.0. The number of carbonyl (C=O) groups is 2. The SMILES string of the molecule is CCN1C(=O)C2(C)CCC(=O)C3(C)c4ccccc4C=C1C23. The molecular weight excluding hydrogens is 274 g/mol. The Balaban J connectivity index is 2.06. The average Bonchev–Trinajstić information content (AvgIpc) is 2.73. The molecule has 3 atom stereocenters. The molecule has 3 unspecified atom stereocenters. The summed E-state index contributed by atoms with van der Waals surface area (Å²) in [5, 5.41) is 0. The summed E-state index contributed by atoms with van der Waals surface area (Å²) >= 11 is 0. The molecule has 1 aromatic carbocycles. The van der Waals surface area contributed by atoms with Crippen LogP contribution in [0.5, 0.6) is 0 Å². The highest BCUT2D eigenvalue weighted by Gasteiger charge is 2.65. The maximum Gasteiger partial charge on any atom is 0.233 e. The van der Waals surface area contributed by atoms with Crippen LogP contribution >= 0.6 is 0 Å². The molecule has 1 amide bonds. The third kappa shape index (κ3) is 1.33. The monoisotopic (exact) mass is 295 g/mol. The minimum atomic E-state index is -0.576. The highest BCUT2D eigenvalue weighted by atomic mass is 16.2. The van der Waals surface area contributed by atoms with Crippen molar-refractivity contribution in [3.63, 3.8) is 0 Å². The van der Waals surface area contributed by atoms with E-state index in [0.717, 1.165) is 16.8 Å². The summed E-state index contributed by atoms with van der Waals surface area (Å²) in [4.78, 5) is 27.8. The molecule has 3 nitrogen and oxygen atoms in total. The van der Waals surface area contributed by atoms with Crippen molar-refractivity contribution in [2.75, 3.05) is 6.54 Å². The summed E-state index contributed by atoms with van der Waals surface area (Å²) in [5.74, 6) is 0.445. The Kier molecular flexibility index (Phi) is 2.56. The molecule has 1 aromatic rings. The lowest BCUT2D eigenvalue weighted by molar-refractivity contribution is -0.141. The zero-order valence-corrected chi connectivity index (χ0v) is 13.3. The number of allylic oxidation sites excluding steroid dienone is 1. The minimum Gasteiger partial charge on any atom is -0.316 e. The van der Waals surface area contributed by atoms with Crippen molar-refractivity contribution in [1.82, 2.24) is 4.90 Å². The van der Waals surface area contributed by atoms with Crippen molar-refractivity contribution in [1.29, 1.82) is 0 Å². The number of benzene rings is 1. The molecule has 0 spiro atoms. The molecule has 2 fully saturated rings. The molecule has 2 aliphatic carbocycles. The lowest BCUT2D eigenvalue weighted by atomic mass is 9.51. The first kappa shape index (κ1) is 13.7. The van der Waals surface area contributed by atoms with Crippen LogP contribution in [-0.2, 0) is 15.0 Å². The van der Waals surface area contributed by atoms with Gasteiger partial charge in [0, 0.05) is 24.6 Å². The van der Waals surface area contributed by atoms with E-state index in [2.05, 4.69) is 32.1 Å². The molecule has 0 radical (unpaired) electrons. The molecule has 1 heterocycles. The highest BCUT2D eigenvalue weighted by molar-refractivity contribution is 6.01. The van der Waals surface area contributed by atoms with Crippen molar-refractivity contribution in [2.45, 2.75) is 39.0 Å². The molecule has 1 saturated heterocycles. The van der Waals surface area contributed by atoms with Gasteiger partial charge in [0.1, 0.15) is 5.78 Å². The first-order valence-corrected chi connectivity index (χ1v) is 8.11.